The number of nitrogens with one attached hydrogen (secondary N) is 2. The van der Waals surface area contributed by atoms with Crippen LogP contribution in [0.2, 0.25) is 5.02 Å². The van der Waals surface area contributed by atoms with E-state index in [-0.39, 0.29) is 38.0 Å². The number of amides is 2. The van der Waals surface area contributed by atoms with E-state index in [0.29, 0.717) is 31.5 Å². The number of hydrogen-bond donors (Lipinski definition) is 4. The molecule has 15 heteroatoms. The monoisotopic (exact) mass is 661 g/mol. The molecule has 3 aromatic rings. The van der Waals surface area contributed by atoms with Gasteiger partial charge in [0.25, 0.3) is 5.91 Å². The number of nitrogens with two attached hydrogens (primary N) is 1. The molecule has 2 atom stereocenters. The van der Waals surface area contributed by atoms with Crippen LogP contribution in [0.5, 0.6) is 0 Å². The zero-order valence-corrected chi connectivity index (χ0v) is 26.2. The van der Waals surface area contributed by atoms with Crippen molar-refractivity contribution in [2.75, 3.05) is 7.11 Å². The lowest BCUT2D eigenvalue weighted by Crippen LogP contribution is -2.55. The third kappa shape index (κ3) is 10.8. The minimum atomic E-state index is -4.12. The van der Waals surface area contributed by atoms with Gasteiger partial charge in [-0.2, -0.15) is 4.73 Å². The predicted molar refractivity (Wildman–Crippen MR) is 165 cm³/mol. The lowest BCUT2D eigenvalue weighted by Gasteiger charge is -2.31. The van der Waals surface area contributed by atoms with Crippen LogP contribution in [0.15, 0.2) is 72.9 Å². The van der Waals surface area contributed by atoms with Gasteiger partial charge in [0.05, 0.1) is 12.9 Å². The smallest absolute Gasteiger partial charge is 0.303 e. The number of benzene rings is 2. The van der Waals surface area contributed by atoms with Crippen LogP contribution in [0.4, 0.5) is 0 Å². The molecule has 0 radical (unpaired) electrons. The van der Waals surface area contributed by atoms with Gasteiger partial charge in [-0.3, -0.25) is 19.2 Å². The Morgan fingerprint density at radius 1 is 1.07 bits per heavy atom. The summed E-state index contributed by atoms with van der Waals surface area (Å²) in [5.74, 6) is -3.36. The van der Waals surface area contributed by atoms with Crippen LogP contribution in [-0.4, -0.2) is 55.6 Å². The van der Waals surface area contributed by atoms with Crippen molar-refractivity contribution >= 4 is 39.4 Å². The Morgan fingerprint density at radius 2 is 1.78 bits per heavy atom. The summed E-state index contributed by atoms with van der Waals surface area (Å²) in [6.45, 7) is 0.134. The van der Waals surface area contributed by atoms with Crippen molar-refractivity contribution < 1.29 is 37.5 Å². The number of carbonyl (C=O) groups is 3. The second kappa shape index (κ2) is 16.8. The number of aryl methyl sites for hydroxylation is 1. The Bertz CT molecular complexity index is 1580. The van der Waals surface area contributed by atoms with Crippen LogP contribution in [0.3, 0.4) is 0 Å². The molecule has 2 aromatic carbocycles. The number of carboxylic acids is 1. The van der Waals surface area contributed by atoms with Gasteiger partial charge in [-0.15, -0.1) is 0 Å². The van der Waals surface area contributed by atoms with Crippen LogP contribution in [0.1, 0.15) is 41.6 Å². The number of carboxylic acid groups (broad SMARTS) is 1. The van der Waals surface area contributed by atoms with E-state index in [1.807, 2.05) is 0 Å². The van der Waals surface area contributed by atoms with Gasteiger partial charge < -0.3 is 21.4 Å². The largest absolute Gasteiger partial charge is 0.619 e. The zero-order chi connectivity index (χ0) is 33.0. The first kappa shape index (κ1) is 35.4. The van der Waals surface area contributed by atoms with E-state index in [9.17, 15) is 33.1 Å². The number of carbonyl (C=O) groups excluding carboxylic acids is 2. The number of nitrogens with zero attached hydrogens (tertiary/aromatic N) is 2. The molecule has 0 fully saturated rings. The average Bonchev–Trinajstić information content (AvgIpc) is 3.00. The number of hydroxylamine groups is 2. The highest BCUT2D eigenvalue weighted by atomic mass is 35.5. The second-order valence-corrected chi connectivity index (χ2v) is 12.3. The predicted octanol–water partition coefficient (Wildman–Crippen LogP) is 1.79. The molecule has 0 unspecified atom stereocenters. The third-order valence-corrected chi connectivity index (χ3v) is 8.48. The van der Waals surface area contributed by atoms with Crippen molar-refractivity contribution in [3.63, 3.8) is 0 Å². The van der Waals surface area contributed by atoms with Gasteiger partial charge in [0.1, 0.15) is 12.1 Å². The normalized spacial score (nSPS) is 12.7. The first-order chi connectivity index (χ1) is 21.4. The highest BCUT2D eigenvalue weighted by Gasteiger charge is 2.37. The van der Waals surface area contributed by atoms with Crippen LogP contribution in [0, 0.1) is 5.21 Å². The lowest BCUT2D eigenvalue weighted by atomic mass is 10.1. The number of aliphatic carboxylic acids is 1. The van der Waals surface area contributed by atoms with E-state index in [1.54, 1.807) is 54.6 Å². The molecule has 3 rings (SSSR count). The molecule has 0 spiro atoms. The van der Waals surface area contributed by atoms with Crippen molar-refractivity contribution in [1.29, 1.82) is 0 Å². The molecular formula is C30H36ClN5O8S. The average molecular weight is 662 g/mol. The summed E-state index contributed by atoms with van der Waals surface area (Å²) in [4.78, 5) is 44.2. The highest BCUT2D eigenvalue weighted by Crippen LogP contribution is 2.18. The molecule has 45 heavy (non-hydrogen) atoms. The fourth-order valence-corrected chi connectivity index (χ4v) is 6.19. The van der Waals surface area contributed by atoms with Crippen LogP contribution >= 0.6 is 11.6 Å². The zero-order valence-electron chi connectivity index (χ0n) is 24.6. The Labute approximate surface area is 266 Å². The van der Waals surface area contributed by atoms with Crippen molar-refractivity contribution in [2.24, 2.45) is 5.73 Å². The van der Waals surface area contributed by atoms with Gasteiger partial charge in [0, 0.05) is 43.1 Å². The van der Waals surface area contributed by atoms with Gasteiger partial charge in [-0.05, 0) is 41.7 Å². The maximum Gasteiger partial charge on any atom is 0.303 e. The number of pyridine rings is 1. The van der Waals surface area contributed by atoms with Gasteiger partial charge in [-0.25, -0.2) is 18.2 Å². The molecule has 0 bridgehead atoms. The van der Waals surface area contributed by atoms with Gasteiger partial charge in [-0.1, -0.05) is 54.1 Å². The summed E-state index contributed by atoms with van der Waals surface area (Å²) in [6, 6.07) is 15.1. The molecule has 0 aliphatic rings. The molecule has 2 amide bonds. The Hall–Kier alpha value is -4.08. The summed E-state index contributed by atoms with van der Waals surface area (Å²) in [7, 11) is -3.01. The summed E-state index contributed by atoms with van der Waals surface area (Å²) >= 11 is 6.10. The second-order valence-electron chi connectivity index (χ2n) is 10.1. The van der Waals surface area contributed by atoms with E-state index in [0.717, 1.165) is 7.11 Å². The van der Waals surface area contributed by atoms with Crippen molar-refractivity contribution in [3.8, 4) is 0 Å². The molecule has 0 saturated heterocycles. The van der Waals surface area contributed by atoms with Crippen LogP contribution in [0.25, 0.3) is 0 Å². The molecule has 0 aliphatic carbocycles. The standard InChI is InChI=1S/C30H36ClN5O8S/c1-44-36(27(14-15-28(37)38)29(39)33-19-23-17-24(31)11-10-22(23)18-32)30(40)26(13-12-25-9-5-6-16-35(25)41)34-45(42,43)20-21-7-3-2-4-8-21/h2-11,16-17,26-27,34H,12-15,18-20,32H2,1H3,(H,33,39)(H,37,38)/t26-,27+/m1/s1. The minimum Gasteiger partial charge on any atom is -0.619 e. The molecule has 0 aliphatic heterocycles. The minimum absolute atomic E-state index is 0.00518. The quantitative estimate of drug-likeness (QED) is 0.0947. The first-order valence-corrected chi connectivity index (χ1v) is 16.0. The van der Waals surface area contributed by atoms with Crippen molar-refractivity contribution in [2.45, 2.75) is 56.6 Å². The van der Waals surface area contributed by atoms with Gasteiger partial charge in [0.2, 0.25) is 15.9 Å². The summed E-state index contributed by atoms with van der Waals surface area (Å²) in [6.07, 6.45) is 0.253. The Balaban J connectivity index is 1.90. The summed E-state index contributed by atoms with van der Waals surface area (Å²) in [5.41, 5.74) is 7.87. The molecule has 242 valence electrons. The maximum atomic E-state index is 13.9. The SMILES string of the molecule is CON(C(=O)[C@@H](CCc1cccc[n+]1[O-])NS(=O)(=O)Cc1ccccc1)[C@@H](CCC(=O)O)C(=O)NCc1cc(Cl)ccc1CN. The van der Waals surface area contributed by atoms with E-state index >= 15 is 0 Å². The molecule has 13 nitrogen and oxygen atoms in total. The van der Waals surface area contributed by atoms with Crippen LogP contribution in [-0.2, 0) is 54.5 Å². The summed E-state index contributed by atoms with van der Waals surface area (Å²) < 4.78 is 29.4. The molecular weight excluding hydrogens is 626 g/mol. The van der Waals surface area contributed by atoms with Crippen molar-refractivity contribution in [1.82, 2.24) is 15.1 Å². The van der Waals surface area contributed by atoms with E-state index in [1.165, 1.54) is 18.3 Å². The molecule has 1 aromatic heterocycles. The van der Waals surface area contributed by atoms with Gasteiger partial charge >= 0.3 is 5.97 Å². The number of halogens is 1. The van der Waals surface area contributed by atoms with Gasteiger partial charge in [0.15, 0.2) is 11.9 Å². The fourth-order valence-electron chi connectivity index (χ4n) is 4.63. The number of hydrogen-bond acceptors (Lipinski definition) is 8. The highest BCUT2D eigenvalue weighted by molar-refractivity contribution is 7.88. The number of sulfonamides is 1. The maximum absolute atomic E-state index is 13.9. The van der Waals surface area contributed by atoms with E-state index < -0.39 is 52.1 Å². The van der Waals surface area contributed by atoms with Crippen molar-refractivity contribution in [3.05, 3.63) is 106 Å². The molecule has 1 heterocycles. The number of aromatic nitrogens is 1. The van der Waals surface area contributed by atoms with Crippen LogP contribution < -0.4 is 20.5 Å². The first-order valence-electron chi connectivity index (χ1n) is 14.0. The third-order valence-electron chi connectivity index (χ3n) is 6.89. The fraction of sp³-hybridized carbons (Fsp3) is 0.333. The molecule has 0 saturated carbocycles. The Morgan fingerprint density at radius 3 is 2.42 bits per heavy atom. The lowest BCUT2D eigenvalue weighted by molar-refractivity contribution is -0.614. The van der Waals surface area contributed by atoms with E-state index in [2.05, 4.69) is 10.0 Å². The Kier molecular flexibility index (Phi) is 13.2. The summed E-state index contributed by atoms with van der Waals surface area (Å²) in [5, 5.41) is 25.4. The molecule has 5 N–H and O–H groups in total. The van der Waals surface area contributed by atoms with E-state index in [4.69, 9.17) is 22.2 Å². The number of rotatable bonds is 17. The topological polar surface area (TPSA) is 195 Å².